The molecule has 7 heteroatoms. The molecule has 5 nitrogen and oxygen atoms in total. The molecule has 116 valence electrons. The first kappa shape index (κ1) is 14.6. The number of amides is 1. The molecule has 0 saturated heterocycles. The van der Waals surface area contributed by atoms with Crippen LogP contribution < -0.4 is 5.32 Å². The van der Waals surface area contributed by atoms with Crippen molar-refractivity contribution in [3.05, 3.63) is 41.3 Å². The van der Waals surface area contributed by atoms with E-state index in [1.54, 1.807) is 0 Å². The molecule has 2 aromatic rings. The molecule has 1 amide bonds. The van der Waals surface area contributed by atoms with Gasteiger partial charge in [0.1, 0.15) is 11.6 Å². The van der Waals surface area contributed by atoms with E-state index in [1.165, 1.54) is 6.42 Å². The van der Waals surface area contributed by atoms with Gasteiger partial charge >= 0.3 is 6.01 Å². The lowest BCUT2D eigenvalue weighted by Crippen LogP contribution is -2.14. The van der Waals surface area contributed by atoms with E-state index in [0.717, 1.165) is 37.8 Å². The van der Waals surface area contributed by atoms with E-state index in [-0.39, 0.29) is 17.5 Å². The molecule has 0 aliphatic heterocycles. The van der Waals surface area contributed by atoms with Gasteiger partial charge in [0, 0.05) is 12.0 Å². The highest BCUT2D eigenvalue weighted by atomic mass is 19.1. The first-order valence-electron chi connectivity index (χ1n) is 7.23. The van der Waals surface area contributed by atoms with Crippen LogP contribution in [0.1, 0.15) is 54.3 Å². The van der Waals surface area contributed by atoms with Gasteiger partial charge in [-0.3, -0.25) is 10.1 Å². The lowest BCUT2D eigenvalue weighted by molar-refractivity contribution is 0.102. The maximum atomic E-state index is 13.5. The SMILES string of the molecule is O=C(Nc1nnc(C2CCCCC2)o1)c1ccc(F)cc1F. The quantitative estimate of drug-likeness (QED) is 0.940. The summed E-state index contributed by atoms with van der Waals surface area (Å²) < 4.78 is 31.8. The van der Waals surface area contributed by atoms with Crippen molar-refractivity contribution in [1.82, 2.24) is 10.2 Å². The van der Waals surface area contributed by atoms with Crippen molar-refractivity contribution in [3.8, 4) is 0 Å². The van der Waals surface area contributed by atoms with Gasteiger partial charge in [-0.2, -0.15) is 0 Å². The van der Waals surface area contributed by atoms with E-state index in [1.807, 2.05) is 0 Å². The number of carbonyl (C=O) groups is 1. The third-order valence-corrected chi connectivity index (χ3v) is 3.79. The summed E-state index contributed by atoms with van der Waals surface area (Å²) >= 11 is 0. The van der Waals surface area contributed by atoms with Crippen LogP contribution in [0, 0.1) is 11.6 Å². The van der Waals surface area contributed by atoms with Crippen LogP contribution in [-0.2, 0) is 0 Å². The Labute approximate surface area is 125 Å². The van der Waals surface area contributed by atoms with Crippen LogP contribution in [-0.4, -0.2) is 16.1 Å². The zero-order chi connectivity index (χ0) is 15.5. The van der Waals surface area contributed by atoms with Gasteiger partial charge in [-0.15, -0.1) is 5.10 Å². The molecule has 0 unspecified atom stereocenters. The van der Waals surface area contributed by atoms with Gasteiger partial charge in [0.05, 0.1) is 5.56 Å². The van der Waals surface area contributed by atoms with E-state index < -0.39 is 17.5 Å². The van der Waals surface area contributed by atoms with Gasteiger partial charge in [-0.25, -0.2) is 8.78 Å². The second-order valence-corrected chi connectivity index (χ2v) is 5.36. The summed E-state index contributed by atoms with van der Waals surface area (Å²) in [4.78, 5) is 11.9. The number of halogens is 2. The molecule has 22 heavy (non-hydrogen) atoms. The van der Waals surface area contributed by atoms with Crippen molar-refractivity contribution >= 4 is 11.9 Å². The third-order valence-electron chi connectivity index (χ3n) is 3.79. The predicted octanol–water partition coefficient (Wildman–Crippen LogP) is 3.65. The number of anilines is 1. The zero-order valence-corrected chi connectivity index (χ0v) is 11.8. The monoisotopic (exact) mass is 307 g/mol. The Bertz CT molecular complexity index is 681. The summed E-state index contributed by atoms with van der Waals surface area (Å²) in [5.74, 6) is -1.73. The molecular formula is C15H15F2N3O2. The Morgan fingerprint density at radius 1 is 1.18 bits per heavy atom. The van der Waals surface area contributed by atoms with E-state index >= 15 is 0 Å². The molecule has 0 spiro atoms. The van der Waals surface area contributed by atoms with Crippen LogP contribution in [0.3, 0.4) is 0 Å². The number of hydrogen-bond acceptors (Lipinski definition) is 4. The minimum atomic E-state index is -0.940. The highest BCUT2D eigenvalue weighted by Gasteiger charge is 2.22. The van der Waals surface area contributed by atoms with Crippen LogP contribution >= 0.6 is 0 Å². The molecular weight excluding hydrogens is 292 g/mol. The number of rotatable bonds is 3. The standard InChI is InChI=1S/C15H15F2N3O2/c16-10-6-7-11(12(17)8-10)13(21)18-15-20-19-14(22-15)9-4-2-1-3-5-9/h6-9H,1-5H2,(H,18,20,21). The Balaban J connectivity index is 1.70. The van der Waals surface area contributed by atoms with Crippen LogP contribution in [0.2, 0.25) is 0 Å². The highest BCUT2D eigenvalue weighted by Crippen LogP contribution is 2.32. The number of nitrogens with zero attached hydrogens (tertiary/aromatic N) is 2. The first-order valence-corrected chi connectivity index (χ1v) is 7.23. The summed E-state index contributed by atoms with van der Waals surface area (Å²) in [6.45, 7) is 0. The summed E-state index contributed by atoms with van der Waals surface area (Å²) in [6.07, 6.45) is 5.42. The Hall–Kier alpha value is -2.31. The van der Waals surface area contributed by atoms with Gasteiger partial charge in [0.15, 0.2) is 0 Å². The Morgan fingerprint density at radius 3 is 2.68 bits per heavy atom. The molecule has 0 bridgehead atoms. The summed E-state index contributed by atoms with van der Waals surface area (Å²) in [6, 6.07) is 2.66. The zero-order valence-electron chi connectivity index (χ0n) is 11.8. The summed E-state index contributed by atoms with van der Waals surface area (Å²) in [5.41, 5.74) is -0.279. The number of aromatic nitrogens is 2. The van der Waals surface area contributed by atoms with Gasteiger partial charge in [-0.1, -0.05) is 24.4 Å². The maximum absolute atomic E-state index is 13.5. The second kappa shape index (κ2) is 6.21. The van der Waals surface area contributed by atoms with Crippen molar-refractivity contribution in [2.75, 3.05) is 5.32 Å². The summed E-state index contributed by atoms with van der Waals surface area (Å²) in [7, 11) is 0. The molecule has 1 aliphatic rings. The van der Waals surface area contributed by atoms with Crippen molar-refractivity contribution < 1.29 is 18.0 Å². The molecule has 0 atom stereocenters. The molecule has 3 rings (SSSR count). The van der Waals surface area contributed by atoms with Crippen LogP contribution in [0.15, 0.2) is 22.6 Å². The van der Waals surface area contributed by atoms with E-state index in [2.05, 4.69) is 15.5 Å². The summed E-state index contributed by atoms with van der Waals surface area (Å²) in [5, 5.41) is 10.0. The molecule has 0 radical (unpaired) electrons. The van der Waals surface area contributed by atoms with Crippen molar-refractivity contribution in [1.29, 1.82) is 0 Å². The van der Waals surface area contributed by atoms with Gasteiger partial charge < -0.3 is 4.42 Å². The number of benzene rings is 1. The molecule has 1 aliphatic carbocycles. The van der Waals surface area contributed by atoms with Gasteiger partial charge in [-0.05, 0) is 25.0 Å². The molecule has 1 aromatic heterocycles. The Kier molecular flexibility index (Phi) is 4.13. The largest absolute Gasteiger partial charge is 0.408 e. The van der Waals surface area contributed by atoms with E-state index in [0.29, 0.717) is 12.0 Å². The van der Waals surface area contributed by atoms with Gasteiger partial charge in [0.2, 0.25) is 5.89 Å². The lowest BCUT2D eigenvalue weighted by atomic mass is 9.89. The molecule has 1 aromatic carbocycles. The number of hydrogen-bond donors (Lipinski definition) is 1. The normalized spacial score (nSPS) is 15.7. The average Bonchev–Trinajstić information content (AvgIpc) is 2.96. The lowest BCUT2D eigenvalue weighted by Gasteiger charge is -2.17. The van der Waals surface area contributed by atoms with Crippen LogP contribution in [0.4, 0.5) is 14.8 Å². The van der Waals surface area contributed by atoms with Crippen molar-refractivity contribution in [3.63, 3.8) is 0 Å². The fourth-order valence-electron chi connectivity index (χ4n) is 2.64. The molecule has 1 heterocycles. The molecule has 1 fully saturated rings. The predicted molar refractivity (Wildman–Crippen MR) is 74.4 cm³/mol. The first-order chi connectivity index (χ1) is 10.6. The number of nitrogens with one attached hydrogen (secondary N) is 1. The molecule has 1 saturated carbocycles. The smallest absolute Gasteiger partial charge is 0.322 e. The highest BCUT2D eigenvalue weighted by molar-refractivity contribution is 6.03. The topological polar surface area (TPSA) is 68.0 Å². The minimum Gasteiger partial charge on any atom is -0.408 e. The van der Waals surface area contributed by atoms with Gasteiger partial charge in [0.25, 0.3) is 5.91 Å². The van der Waals surface area contributed by atoms with Crippen LogP contribution in [0.5, 0.6) is 0 Å². The number of carbonyl (C=O) groups excluding carboxylic acids is 1. The van der Waals surface area contributed by atoms with Crippen LogP contribution in [0.25, 0.3) is 0 Å². The van der Waals surface area contributed by atoms with E-state index in [4.69, 9.17) is 4.42 Å². The Morgan fingerprint density at radius 2 is 1.95 bits per heavy atom. The fourth-order valence-corrected chi connectivity index (χ4v) is 2.64. The average molecular weight is 307 g/mol. The third kappa shape index (κ3) is 3.13. The van der Waals surface area contributed by atoms with Crippen molar-refractivity contribution in [2.45, 2.75) is 38.0 Å². The fraction of sp³-hybridized carbons (Fsp3) is 0.400. The second-order valence-electron chi connectivity index (χ2n) is 5.36. The minimum absolute atomic E-state index is 0.0747. The van der Waals surface area contributed by atoms with E-state index in [9.17, 15) is 13.6 Å². The van der Waals surface area contributed by atoms with Crippen molar-refractivity contribution in [2.24, 2.45) is 0 Å². The maximum Gasteiger partial charge on any atom is 0.322 e. The molecule has 1 N–H and O–H groups in total.